The summed E-state index contributed by atoms with van der Waals surface area (Å²) in [6.45, 7) is 1.35. The average Bonchev–Trinajstić information content (AvgIpc) is 3.49. The summed E-state index contributed by atoms with van der Waals surface area (Å²) in [6.07, 6.45) is 6.95. The van der Waals surface area contributed by atoms with E-state index < -0.39 is 5.92 Å². The minimum atomic E-state index is -2.56. The lowest BCUT2D eigenvalue weighted by Crippen LogP contribution is -2.45. The molecule has 2 aliphatic rings. The maximum atomic E-state index is 13.6. The Balaban J connectivity index is 1.62. The van der Waals surface area contributed by atoms with Crippen molar-refractivity contribution < 1.29 is 23.0 Å². The van der Waals surface area contributed by atoms with Crippen LogP contribution in [0.3, 0.4) is 0 Å². The number of halogens is 2. The molecule has 1 atom stereocenters. The lowest BCUT2D eigenvalue weighted by Gasteiger charge is -2.35. The van der Waals surface area contributed by atoms with E-state index in [-0.39, 0.29) is 36.5 Å². The van der Waals surface area contributed by atoms with Gasteiger partial charge in [0.1, 0.15) is 17.2 Å². The fraction of sp³-hybridized carbons (Fsp3) is 0.500. The number of hydrogen-bond donors (Lipinski definition) is 0. The molecule has 0 spiro atoms. The van der Waals surface area contributed by atoms with Gasteiger partial charge in [-0.05, 0) is 25.2 Å². The molecule has 33 heavy (non-hydrogen) atoms. The molecule has 1 aromatic heterocycles. The Morgan fingerprint density at radius 2 is 1.88 bits per heavy atom. The smallest absolute Gasteiger partial charge is 0.278 e. The van der Waals surface area contributed by atoms with Gasteiger partial charge in [-0.25, -0.2) is 13.8 Å². The number of benzene rings is 1. The van der Waals surface area contributed by atoms with Gasteiger partial charge < -0.3 is 14.4 Å². The van der Waals surface area contributed by atoms with Gasteiger partial charge in [-0.3, -0.25) is 9.69 Å². The van der Waals surface area contributed by atoms with Crippen LogP contribution in [0.5, 0.6) is 11.5 Å². The van der Waals surface area contributed by atoms with Crippen LogP contribution in [0.2, 0.25) is 0 Å². The normalized spacial score (nSPS) is 20.9. The first-order valence-electron chi connectivity index (χ1n) is 10.9. The zero-order chi connectivity index (χ0) is 23.6. The van der Waals surface area contributed by atoms with Crippen molar-refractivity contribution >= 4 is 22.9 Å². The van der Waals surface area contributed by atoms with Crippen LogP contribution in [0, 0.1) is 12.3 Å². The molecule has 1 aliphatic carbocycles. The first-order chi connectivity index (χ1) is 15.8. The van der Waals surface area contributed by atoms with Crippen molar-refractivity contribution in [3.05, 3.63) is 34.3 Å². The number of nitrogens with zero attached hydrogens (tertiary/aromatic N) is 3. The molecule has 1 aliphatic heterocycles. The molecule has 1 saturated heterocycles. The Labute approximate surface area is 196 Å². The second-order valence-corrected chi connectivity index (χ2v) is 9.31. The van der Waals surface area contributed by atoms with Gasteiger partial charge in [0.25, 0.3) is 5.91 Å². The molecule has 1 amide bonds. The standard InChI is InChI=1S/C24H27F2N3O3S/c1-4-22-27-21(15-33-22)23(30)29(18-11-19(31-2)13-20(12-18)32-3)17-7-10-28(14-17)16-5-8-24(25,26)9-6-16/h1,11-13,15-17H,5-10,14H2,2-3H3/t17-/m1/s1. The van der Waals surface area contributed by atoms with E-state index in [9.17, 15) is 13.6 Å². The monoisotopic (exact) mass is 475 g/mol. The fourth-order valence-corrected chi connectivity index (χ4v) is 5.28. The summed E-state index contributed by atoms with van der Waals surface area (Å²) in [7, 11) is 3.11. The molecule has 0 radical (unpaired) electrons. The number of rotatable bonds is 6. The Bertz CT molecular complexity index is 1020. The molecule has 6 nitrogen and oxygen atoms in total. The predicted octanol–water partition coefficient (Wildman–Crippen LogP) is 4.44. The third kappa shape index (κ3) is 5.12. The number of carbonyl (C=O) groups excluding carboxylic acids is 1. The third-order valence-electron chi connectivity index (χ3n) is 6.44. The van der Waals surface area contributed by atoms with E-state index in [1.807, 2.05) is 0 Å². The maximum absolute atomic E-state index is 13.6. The van der Waals surface area contributed by atoms with Gasteiger partial charge in [0.05, 0.1) is 25.9 Å². The van der Waals surface area contributed by atoms with Crippen LogP contribution in [0.25, 0.3) is 0 Å². The molecule has 1 aromatic carbocycles. The highest BCUT2D eigenvalue weighted by Gasteiger charge is 2.41. The first kappa shape index (κ1) is 23.5. The lowest BCUT2D eigenvalue weighted by atomic mass is 9.91. The number of carbonyl (C=O) groups is 1. The van der Waals surface area contributed by atoms with Gasteiger partial charge in [0.15, 0.2) is 5.01 Å². The van der Waals surface area contributed by atoms with E-state index in [0.717, 1.165) is 13.0 Å². The quantitative estimate of drug-likeness (QED) is 0.579. The molecule has 0 unspecified atom stereocenters. The Morgan fingerprint density at radius 1 is 1.21 bits per heavy atom. The van der Waals surface area contributed by atoms with Crippen molar-refractivity contribution in [2.45, 2.75) is 50.1 Å². The molecular weight excluding hydrogens is 448 g/mol. The van der Waals surface area contributed by atoms with Gasteiger partial charge >= 0.3 is 0 Å². The number of amides is 1. The number of methoxy groups -OCH3 is 2. The molecule has 9 heteroatoms. The van der Waals surface area contributed by atoms with Crippen molar-refractivity contribution in [3.8, 4) is 23.8 Å². The van der Waals surface area contributed by atoms with Crippen molar-refractivity contribution in [1.29, 1.82) is 0 Å². The van der Waals surface area contributed by atoms with E-state index in [1.165, 1.54) is 11.3 Å². The number of likely N-dealkylation sites (tertiary alicyclic amines) is 1. The third-order valence-corrected chi connectivity index (χ3v) is 7.22. The first-order valence-corrected chi connectivity index (χ1v) is 11.8. The van der Waals surface area contributed by atoms with Gasteiger partial charge in [-0.15, -0.1) is 17.8 Å². The second-order valence-electron chi connectivity index (χ2n) is 8.45. The summed E-state index contributed by atoms with van der Waals surface area (Å²) >= 11 is 1.25. The average molecular weight is 476 g/mol. The summed E-state index contributed by atoms with van der Waals surface area (Å²) in [5.74, 6) is 0.778. The van der Waals surface area contributed by atoms with E-state index in [4.69, 9.17) is 15.9 Å². The van der Waals surface area contributed by atoms with Crippen molar-refractivity contribution in [1.82, 2.24) is 9.88 Å². The number of hydrogen-bond acceptors (Lipinski definition) is 6. The Morgan fingerprint density at radius 3 is 2.45 bits per heavy atom. The molecule has 4 rings (SSSR count). The van der Waals surface area contributed by atoms with E-state index in [2.05, 4.69) is 15.8 Å². The van der Waals surface area contributed by atoms with Crippen LogP contribution in [0.15, 0.2) is 23.6 Å². The number of thiazole rings is 1. The Kier molecular flexibility index (Phi) is 6.86. The van der Waals surface area contributed by atoms with E-state index in [1.54, 1.807) is 42.7 Å². The molecule has 2 aromatic rings. The summed E-state index contributed by atoms with van der Waals surface area (Å²) in [5, 5.41) is 2.11. The SMILES string of the molecule is C#Cc1nc(C(=O)N(c2cc(OC)cc(OC)c2)[C@@H]2CCN(C3CCC(F)(F)CC3)C2)cs1. The summed E-state index contributed by atoms with van der Waals surface area (Å²) < 4.78 is 38.1. The van der Waals surface area contributed by atoms with E-state index in [0.29, 0.717) is 41.6 Å². The van der Waals surface area contributed by atoms with Crippen LogP contribution in [0.1, 0.15) is 47.6 Å². The Hall–Kier alpha value is -2.70. The van der Waals surface area contributed by atoms with Crippen LogP contribution >= 0.6 is 11.3 Å². The maximum Gasteiger partial charge on any atom is 0.278 e. The number of anilines is 1. The fourth-order valence-electron chi connectivity index (χ4n) is 4.69. The zero-order valence-electron chi connectivity index (χ0n) is 18.7. The van der Waals surface area contributed by atoms with Gasteiger partial charge in [0, 0.05) is 55.6 Å². The van der Waals surface area contributed by atoms with Crippen LogP contribution < -0.4 is 14.4 Å². The molecule has 0 N–H and O–H groups in total. The highest BCUT2D eigenvalue weighted by atomic mass is 32.1. The zero-order valence-corrected chi connectivity index (χ0v) is 19.5. The van der Waals surface area contributed by atoms with Crippen LogP contribution in [-0.4, -0.2) is 61.1 Å². The van der Waals surface area contributed by atoms with Crippen molar-refractivity contribution in [2.75, 3.05) is 32.2 Å². The van der Waals surface area contributed by atoms with E-state index >= 15 is 0 Å². The predicted molar refractivity (Wildman–Crippen MR) is 124 cm³/mol. The molecule has 0 bridgehead atoms. The van der Waals surface area contributed by atoms with Crippen molar-refractivity contribution in [3.63, 3.8) is 0 Å². The molecule has 2 fully saturated rings. The molecular formula is C24H27F2N3O3S. The molecule has 2 heterocycles. The number of terminal acetylenes is 1. The highest BCUT2D eigenvalue weighted by molar-refractivity contribution is 7.10. The van der Waals surface area contributed by atoms with Gasteiger partial charge in [0.2, 0.25) is 5.92 Å². The summed E-state index contributed by atoms with van der Waals surface area (Å²) in [5.41, 5.74) is 0.916. The minimum absolute atomic E-state index is 0.0811. The number of alkyl halides is 2. The highest BCUT2D eigenvalue weighted by Crippen LogP contribution is 2.38. The molecule has 1 saturated carbocycles. The number of ether oxygens (including phenoxy) is 2. The lowest BCUT2D eigenvalue weighted by molar-refractivity contribution is -0.0516. The largest absolute Gasteiger partial charge is 0.497 e. The van der Waals surface area contributed by atoms with Crippen LogP contribution in [-0.2, 0) is 0 Å². The van der Waals surface area contributed by atoms with Gasteiger partial charge in [-0.2, -0.15) is 0 Å². The summed E-state index contributed by atoms with van der Waals surface area (Å²) in [4.78, 5) is 21.9. The topological polar surface area (TPSA) is 54.9 Å². The molecule has 176 valence electrons. The van der Waals surface area contributed by atoms with Crippen molar-refractivity contribution in [2.24, 2.45) is 0 Å². The second kappa shape index (κ2) is 9.65. The summed E-state index contributed by atoms with van der Waals surface area (Å²) in [6, 6.07) is 5.29. The van der Waals surface area contributed by atoms with Gasteiger partial charge in [-0.1, -0.05) is 0 Å². The van der Waals surface area contributed by atoms with Crippen LogP contribution in [0.4, 0.5) is 14.5 Å². The minimum Gasteiger partial charge on any atom is -0.497 e. The number of aromatic nitrogens is 1.